The molecule has 0 radical (unpaired) electrons. The van der Waals surface area contributed by atoms with Crippen LogP contribution in [-0.2, 0) is 0 Å². The summed E-state index contributed by atoms with van der Waals surface area (Å²) in [5.74, 6) is 6.68. The van der Waals surface area contributed by atoms with Gasteiger partial charge in [-0.15, -0.1) is 0 Å². The Balaban J connectivity index is 2.77. The topological polar surface area (TPSA) is 0 Å². The highest BCUT2D eigenvalue weighted by Crippen LogP contribution is 2.05. The van der Waals surface area contributed by atoms with Crippen LogP contribution in [0.1, 0.15) is 20.3 Å². The van der Waals surface area contributed by atoms with Crippen LogP contribution in [0.25, 0.3) is 0 Å². The lowest BCUT2D eigenvalue weighted by atomic mass is 10.1. The van der Waals surface area contributed by atoms with Crippen LogP contribution in [0.15, 0.2) is 23.8 Å². The van der Waals surface area contributed by atoms with E-state index in [-0.39, 0.29) is 0 Å². The first-order valence-corrected chi connectivity index (χ1v) is 3.63. The fraction of sp³-hybridized carbons (Fsp3) is 0.400. The smallest absolute Gasteiger partial charge is 0.0212 e. The van der Waals surface area contributed by atoms with Gasteiger partial charge in [-0.3, -0.25) is 0 Å². The maximum absolute atomic E-state index is 3.14. The predicted octanol–water partition coefficient (Wildman–Crippen LogP) is 2.53. The van der Waals surface area contributed by atoms with Gasteiger partial charge in [0, 0.05) is 5.92 Å². The van der Waals surface area contributed by atoms with Crippen LogP contribution >= 0.6 is 0 Å². The minimum absolute atomic E-state index is 0.514. The average Bonchev–Trinajstić information content (AvgIpc) is 1.84. The Kier molecular flexibility index (Phi) is 2.34. The van der Waals surface area contributed by atoms with Crippen molar-refractivity contribution >= 4 is 0 Å². The molecule has 1 atom stereocenters. The Hall–Kier alpha value is -0.960. The fourth-order valence-electron chi connectivity index (χ4n) is 0.863. The molecule has 0 saturated carbocycles. The SMILES string of the molecule is CC1=C/C#CC(C)C/C=C\1. The molecule has 0 amide bonds. The Morgan fingerprint density at radius 3 is 3.20 bits per heavy atom. The Morgan fingerprint density at radius 1 is 1.60 bits per heavy atom. The van der Waals surface area contributed by atoms with E-state index < -0.39 is 0 Å². The van der Waals surface area contributed by atoms with Gasteiger partial charge in [0.2, 0.25) is 0 Å². The van der Waals surface area contributed by atoms with Gasteiger partial charge in [-0.2, -0.15) is 0 Å². The molecule has 0 aliphatic heterocycles. The van der Waals surface area contributed by atoms with Gasteiger partial charge in [0.15, 0.2) is 0 Å². The Bertz CT molecular complexity index is 220. The van der Waals surface area contributed by atoms with Crippen LogP contribution in [0, 0.1) is 17.8 Å². The van der Waals surface area contributed by atoms with E-state index >= 15 is 0 Å². The molecule has 52 valence electrons. The van der Waals surface area contributed by atoms with E-state index in [1.54, 1.807) is 0 Å². The molecule has 1 aliphatic carbocycles. The fourth-order valence-corrected chi connectivity index (χ4v) is 0.863. The number of rotatable bonds is 0. The van der Waals surface area contributed by atoms with Crippen molar-refractivity contribution in [2.75, 3.05) is 0 Å². The molecule has 0 heterocycles. The summed E-state index contributed by atoms with van der Waals surface area (Å²) in [6, 6.07) is 0. The lowest BCUT2D eigenvalue weighted by Crippen LogP contribution is -1.87. The van der Waals surface area contributed by atoms with Gasteiger partial charge in [-0.05, 0) is 25.0 Å². The summed E-state index contributed by atoms with van der Waals surface area (Å²) in [5.41, 5.74) is 1.25. The van der Waals surface area contributed by atoms with Crippen molar-refractivity contribution in [2.45, 2.75) is 20.3 Å². The summed E-state index contributed by atoms with van der Waals surface area (Å²) in [7, 11) is 0. The van der Waals surface area contributed by atoms with E-state index in [1.807, 2.05) is 6.08 Å². The maximum Gasteiger partial charge on any atom is 0.0212 e. The zero-order valence-corrected chi connectivity index (χ0v) is 6.52. The molecule has 0 spiro atoms. The summed E-state index contributed by atoms with van der Waals surface area (Å²) in [4.78, 5) is 0. The minimum atomic E-state index is 0.514. The molecule has 0 aromatic carbocycles. The van der Waals surface area contributed by atoms with E-state index in [0.717, 1.165) is 6.42 Å². The lowest BCUT2D eigenvalue weighted by Gasteiger charge is -1.98. The van der Waals surface area contributed by atoms with Crippen molar-refractivity contribution in [1.82, 2.24) is 0 Å². The van der Waals surface area contributed by atoms with Crippen LogP contribution in [0.2, 0.25) is 0 Å². The second-order valence-electron chi connectivity index (χ2n) is 2.72. The third-order valence-electron chi connectivity index (χ3n) is 1.50. The molecule has 0 nitrogen and oxygen atoms in total. The molecular weight excluding hydrogens is 120 g/mol. The molecule has 0 aromatic rings. The van der Waals surface area contributed by atoms with E-state index in [2.05, 4.69) is 37.8 Å². The van der Waals surface area contributed by atoms with Crippen molar-refractivity contribution in [2.24, 2.45) is 5.92 Å². The molecule has 0 bridgehead atoms. The number of hydrogen-bond acceptors (Lipinski definition) is 0. The van der Waals surface area contributed by atoms with Crippen LogP contribution < -0.4 is 0 Å². The van der Waals surface area contributed by atoms with Gasteiger partial charge in [-0.25, -0.2) is 0 Å². The van der Waals surface area contributed by atoms with Crippen molar-refractivity contribution in [1.29, 1.82) is 0 Å². The molecule has 1 aliphatic rings. The molecule has 0 saturated heterocycles. The van der Waals surface area contributed by atoms with Crippen LogP contribution in [-0.4, -0.2) is 0 Å². The lowest BCUT2D eigenvalue weighted by molar-refractivity contribution is 0.772. The predicted molar refractivity (Wildman–Crippen MR) is 44.5 cm³/mol. The summed E-state index contributed by atoms with van der Waals surface area (Å²) in [6.45, 7) is 4.22. The van der Waals surface area contributed by atoms with Crippen LogP contribution in [0.4, 0.5) is 0 Å². The Labute approximate surface area is 62.6 Å². The molecule has 1 unspecified atom stereocenters. The number of hydrogen-bond donors (Lipinski definition) is 0. The van der Waals surface area contributed by atoms with E-state index in [4.69, 9.17) is 0 Å². The maximum atomic E-state index is 3.14. The molecule has 1 rings (SSSR count). The highest BCUT2D eigenvalue weighted by molar-refractivity contribution is 5.29. The largest absolute Gasteiger partial charge is 0.0951 e. The van der Waals surface area contributed by atoms with E-state index in [0.29, 0.717) is 5.92 Å². The van der Waals surface area contributed by atoms with Gasteiger partial charge in [0.05, 0.1) is 0 Å². The Morgan fingerprint density at radius 2 is 2.40 bits per heavy atom. The van der Waals surface area contributed by atoms with Crippen LogP contribution in [0.5, 0.6) is 0 Å². The third kappa shape index (κ3) is 2.11. The van der Waals surface area contributed by atoms with Crippen molar-refractivity contribution < 1.29 is 0 Å². The first-order valence-electron chi connectivity index (χ1n) is 3.63. The quantitative estimate of drug-likeness (QED) is 0.444. The molecule has 0 heteroatoms. The molecule has 0 fully saturated rings. The summed E-state index contributed by atoms with van der Waals surface area (Å²) in [5, 5.41) is 0. The van der Waals surface area contributed by atoms with Crippen molar-refractivity contribution in [3.8, 4) is 11.8 Å². The zero-order chi connectivity index (χ0) is 7.40. The van der Waals surface area contributed by atoms with E-state index in [9.17, 15) is 0 Å². The first-order chi connectivity index (χ1) is 4.79. The zero-order valence-electron chi connectivity index (χ0n) is 6.52. The highest BCUT2D eigenvalue weighted by Gasteiger charge is 1.93. The van der Waals surface area contributed by atoms with Gasteiger partial charge >= 0.3 is 0 Å². The normalized spacial score (nSPS) is 32.2. The molecule has 0 N–H and O–H groups in total. The average molecular weight is 132 g/mol. The highest BCUT2D eigenvalue weighted by atomic mass is 14.0. The van der Waals surface area contributed by atoms with Gasteiger partial charge in [0.25, 0.3) is 0 Å². The molecule has 10 heavy (non-hydrogen) atoms. The molecular formula is C10H12. The summed E-state index contributed by atoms with van der Waals surface area (Å²) >= 11 is 0. The van der Waals surface area contributed by atoms with Gasteiger partial charge in [0.1, 0.15) is 0 Å². The standard InChI is InChI=1S/C10H12/c1-9-5-3-7-10(2)8-4-6-9/h3,5-6,10H,7H2,1-2H3/b5-3-,9-6-. The summed E-state index contributed by atoms with van der Waals surface area (Å²) < 4.78 is 0. The van der Waals surface area contributed by atoms with Crippen molar-refractivity contribution in [3.63, 3.8) is 0 Å². The van der Waals surface area contributed by atoms with Gasteiger partial charge < -0.3 is 0 Å². The number of allylic oxidation sites excluding steroid dienone is 4. The second-order valence-corrected chi connectivity index (χ2v) is 2.72. The van der Waals surface area contributed by atoms with Gasteiger partial charge in [-0.1, -0.05) is 30.9 Å². The van der Waals surface area contributed by atoms with Crippen LogP contribution in [0.3, 0.4) is 0 Å². The van der Waals surface area contributed by atoms with Crippen molar-refractivity contribution in [3.05, 3.63) is 23.8 Å². The van der Waals surface area contributed by atoms with E-state index in [1.165, 1.54) is 5.57 Å². The minimum Gasteiger partial charge on any atom is -0.0951 e. The first kappa shape index (κ1) is 7.15. The molecule has 0 aromatic heterocycles. The monoisotopic (exact) mass is 132 g/mol. The summed E-state index contributed by atoms with van der Waals surface area (Å²) in [6.07, 6.45) is 7.36. The third-order valence-corrected chi connectivity index (χ3v) is 1.50. The second kappa shape index (κ2) is 3.27.